The van der Waals surface area contributed by atoms with Crippen LogP contribution < -0.4 is 5.32 Å². The molecule has 1 aliphatic heterocycles. The van der Waals surface area contributed by atoms with Crippen LogP contribution in [0.1, 0.15) is 28.2 Å². The first-order valence-corrected chi connectivity index (χ1v) is 11.1. The van der Waals surface area contributed by atoms with E-state index in [0.717, 1.165) is 34.0 Å². The van der Waals surface area contributed by atoms with Gasteiger partial charge >= 0.3 is 0 Å². The Balaban J connectivity index is 1.32. The zero-order valence-corrected chi connectivity index (χ0v) is 17.0. The van der Waals surface area contributed by atoms with Crippen molar-refractivity contribution in [3.63, 3.8) is 0 Å². The predicted octanol–water partition coefficient (Wildman–Crippen LogP) is 4.04. The third kappa shape index (κ3) is 4.31. The van der Waals surface area contributed by atoms with Crippen molar-refractivity contribution in [2.75, 3.05) is 13.1 Å². The number of piperidine rings is 1. The zero-order chi connectivity index (χ0) is 19.3. The molecule has 0 bridgehead atoms. The molecule has 7 heteroatoms. The summed E-state index contributed by atoms with van der Waals surface area (Å²) in [6.07, 6.45) is 1.66. The molecule has 4 rings (SSSR count). The van der Waals surface area contributed by atoms with Gasteiger partial charge in [-0.05, 0) is 24.3 Å². The highest BCUT2D eigenvalue weighted by atomic mass is 32.1. The summed E-state index contributed by atoms with van der Waals surface area (Å²) < 4.78 is 0. The molecule has 0 radical (unpaired) electrons. The van der Waals surface area contributed by atoms with Gasteiger partial charge in [-0.1, -0.05) is 36.4 Å². The third-order valence-electron chi connectivity index (χ3n) is 4.83. The van der Waals surface area contributed by atoms with Gasteiger partial charge in [0.2, 0.25) is 5.91 Å². The number of likely N-dealkylation sites (tertiary alicyclic amines) is 1. The molecule has 1 aliphatic rings. The molecule has 3 aromatic rings. The van der Waals surface area contributed by atoms with E-state index in [2.05, 4.69) is 10.3 Å². The van der Waals surface area contributed by atoms with Crippen LogP contribution >= 0.6 is 22.7 Å². The molecule has 2 aromatic heterocycles. The van der Waals surface area contributed by atoms with E-state index < -0.39 is 0 Å². The van der Waals surface area contributed by atoms with Gasteiger partial charge in [-0.3, -0.25) is 9.59 Å². The van der Waals surface area contributed by atoms with Gasteiger partial charge in [0.25, 0.3) is 5.91 Å². The molecule has 1 fully saturated rings. The summed E-state index contributed by atoms with van der Waals surface area (Å²) in [5, 5.41) is 7.84. The minimum atomic E-state index is -0.162. The summed E-state index contributed by atoms with van der Waals surface area (Å²) >= 11 is 3.02. The van der Waals surface area contributed by atoms with Crippen molar-refractivity contribution in [1.82, 2.24) is 15.2 Å². The molecular formula is C21H21N3O2S2. The molecular weight excluding hydrogens is 390 g/mol. The van der Waals surface area contributed by atoms with Crippen molar-refractivity contribution in [2.45, 2.75) is 19.4 Å². The average molecular weight is 412 g/mol. The highest BCUT2D eigenvalue weighted by molar-refractivity contribution is 7.13. The molecule has 1 atom stereocenters. The van der Waals surface area contributed by atoms with Crippen LogP contribution in [0.15, 0.2) is 53.2 Å². The van der Waals surface area contributed by atoms with E-state index in [4.69, 9.17) is 0 Å². The molecule has 5 nitrogen and oxygen atoms in total. The van der Waals surface area contributed by atoms with Crippen molar-refractivity contribution in [2.24, 2.45) is 5.92 Å². The normalized spacial score (nSPS) is 16.7. The molecule has 3 heterocycles. The Morgan fingerprint density at radius 2 is 2.00 bits per heavy atom. The second-order valence-corrected chi connectivity index (χ2v) is 8.60. The average Bonchev–Trinajstić information content (AvgIpc) is 3.44. The van der Waals surface area contributed by atoms with E-state index in [9.17, 15) is 9.59 Å². The number of thiazole rings is 1. The van der Waals surface area contributed by atoms with E-state index >= 15 is 0 Å². The number of rotatable bonds is 5. The summed E-state index contributed by atoms with van der Waals surface area (Å²) in [5.41, 5.74) is 1.94. The van der Waals surface area contributed by atoms with Gasteiger partial charge < -0.3 is 10.2 Å². The third-order valence-corrected chi connectivity index (χ3v) is 6.63. The fourth-order valence-corrected chi connectivity index (χ4v) is 4.87. The maximum absolute atomic E-state index is 12.6. The Kier molecular flexibility index (Phi) is 5.83. The monoisotopic (exact) mass is 411 g/mol. The van der Waals surface area contributed by atoms with Crippen LogP contribution in [0, 0.1) is 5.92 Å². The largest absolute Gasteiger partial charge is 0.350 e. The highest BCUT2D eigenvalue weighted by Gasteiger charge is 2.29. The Bertz CT molecular complexity index is 938. The van der Waals surface area contributed by atoms with E-state index in [1.54, 1.807) is 16.2 Å². The SMILES string of the molecule is O=C(NCc1csc(-c2ccccc2)n1)[C@H]1CCCN(C(=O)c2cccs2)C1. The molecule has 0 unspecified atom stereocenters. The van der Waals surface area contributed by atoms with E-state index in [1.165, 1.54) is 11.3 Å². The number of nitrogens with zero attached hydrogens (tertiary/aromatic N) is 2. The van der Waals surface area contributed by atoms with Crippen LogP contribution in [-0.2, 0) is 11.3 Å². The first-order valence-electron chi connectivity index (χ1n) is 9.31. The van der Waals surface area contributed by atoms with Crippen molar-refractivity contribution >= 4 is 34.5 Å². The molecule has 1 aromatic carbocycles. The van der Waals surface area contributed by atoms with Crippen LogP contribution in [0.2, 0.25) is 0 Å². The Morgan fingerprint density at radius 1 is 1.14 bits per heavy atom. The second kappa shape index (κ2) is 8.67. The topological polar surface area (TPSA) is 62.3 Å². The minimum Gasteiger partial charge on any atom is -0.350 e. The molecule has 1 saturated heterocycles. The number of benzene rings is 1. The number of hydrogen-bond acceptors (Lipinski definition) is 5. The first-order chi connectivity index (χ1) is 13.7. The molecule has 2 amide bonds. The van der Waals surface area contributed by atoms with Gasteiger partial charge in [0.1, 0.15) is 5.01 Å². The predicted molar refractivity (Wildman–Crippen MR) is 112 cm³/mol. The Hall–Kier alpha value is -2.51. The van der Waals surface area contributed by atoms with Crippen molar-refractivity contribution in [3.8, 4) is 10.6 Å². The van der Waals surface area contributed by atoms with Gasteiger partial charge in [0.15, 0.2) is 0 Å². The standard InChI is InChI=1S/C21H21N3O2S2/c25-19(16-8-4-10-24(13-16)21(26)18-9-5-11-27-18)22-12-17-14-28-20(23-17)15-6-2-1-3-7-15/h1-3,5-7,9,11,14,16H,4,8,10,12-13H2,(H,22,25)/t16-/m0/s1. The molecule has 0 spiro atoms. The summed E-state index contributed by atoms with van der Waals surface area (Å²) in [6, 6.07) is 13.7. The first kappa shape index (κ1) is 18.8. The molecule has 0 saturated carbocycles. The molecule has 1 N–H and O–H groups in total. The number of amides is 2. The number of hydrogen-bond donors (Lipinski definition) is 1. The van der Waals surface area contributed by atoms with Crippen LogP contribution in [0.5, 0.6) is 0 Å². The molecule has 144 valence electrons. The summed E-state index contributed by atoms with van der Waals surface area (Å²) in [5.74, 6) is -0.137. The molecule has 28 heavy (non-hydrogen) atoms. The fraction of sp³-hybridized carbons (Fsp3) is 0.286. The number of thiophene rings is 1. The van der Waals surface area contributed by atoms with Gasteiger partial charge in [-0.15, -0.1) is 22.7 Å². The Morgan fingerprint density at radius 3 is 2.79 bits per heavy atom. The highest BCUT2D eigenvalue weighted by Crippen LogP contribution is 2.24. The minimum absolute atomic E-state index is 0.00191. The smallest absolute Gasteiger partial charge is 0.263 e. The fourth-order valence-electron chi connectivity index (χ4n) is 3.36. The number of aromatic nitrogens is 1. The van der Waals surface area contributed by atoms with Crippen LogP contribution in [-0.4, -0.2) is 34.8 Å². The van der Waals surface area contributed by atoms with E-state index in [1.807, 2.05) is 53.2 Å². The summed E-state index contributed by atoms with van der Waals surface area (Å²) in [7, 11) is 0. The second-order valence-electron chi connectivity index (χ2n) is 6.80. The lowest BCUT2D eigenvalue weighted by atomic mass is 9.97. The van der Waals surface area contributed by atoms with Crippen LogP contribution in [0.4, 0.5) is 0 Å². The number of carbonyl (C=O) groups excluding carboxylic acids is 2. The molecule has 0 aliphatic carbocycles. The lowest BCUT2D eigenvalue weighted by molar-refractivity contribution is -0.126. The quantitative estimate of drug-likeness (QED) is 0.689. The Labute approximate surface area is 172 Å². The lowest BCUT2D eigenvalue weighted by Gasteiger charge is -2.31. The van der Waals surface area contributed by atoms with Crippen LogP contribution in [0.25, 0.3) is 10.6 Å². The maximum Gasteiger partial charge on any atom is 0.263 e. The van der Waals surface area contributed by atoms with E-state index in [-0.39, 0.29) is 17.7 Å². The van der Waals surface area contributed by atoms with Crippen LogP contribution in [0.3, 0.4) is 0 Å². The van der Waals surface area contributed by atoms with Crippen molar-refractivity contribution < 1.29 is 9.59 Å². The summed E-state index contributed by atoms with van der Waals surface area (Å²) in [4.78, 5) is 32.3. The lowest BCUT2D eigenvalue weighted by Crippen LogP contribution is -2.45. The van der Waals surface area contributed by atoms with E-state index in [0.29, 0.717) is 19.6 Å². The van der Waals surface area contributed by atoms with Crippen molar-refractivity contribution in [3.05, 3.63) is 63.8 Å². The zero-order valence-electron chi connectivity index (χ0n) is 15.3. The van der Waals surface area contributed by atoms with Gasteiger partial charge in [-0.2, -0.15) is 0 Å². The van der Waals surface area contributed by atoms with Gasteiger partial charge in [0.05, 0.1) is 23.0 Å². The number of carbonyl (C=O) groups is 2. The maximum atomic E-state index is 12.6. The van der Waals surface area contributed by atoms with Gasteiger partial charge in [-0.25, -0.2) is 4.98 Å². The van der Waals surface area contributed by atoms with Crippen molar-refractivity contribution in [1.29, 1.82) is 0 Å². The van der Waals surface area contributed by atoms with Gasteiger partial charge in [0, 0.05) is 24.0 Å². The number of nitrogens with one attached hydrogen (secondary N) is 1. The summed E-state index contributed by atoms with van der Waals surface area (Å²) in [6.45, 7) is 1.61.